The number of pyridine rings is 1. The molecule has 1 aliphatic rings. The normalized spacial score (nSPS) is 19.3. The Labute approximate surface area is 128 Å². The molecule has 1 saturated heterocycles. The Morgan fingerprint density at radius 3 is 3.10 bits per heavy atom. The highest BCUT2D eigenvalue weighted by atomic mass is 79.9. The summed E-state index contributed by atoms with van der Waals surface area (Å²) in [6, 6.07) is 8.26. The number of hydrogen-bond acceptors (Lipinski definition) is 3. The summed E-state index contributed by atoms with van der Waals surface area (Å²) >= 11 is 3.62. The van der Waals surface area contributed by atoms with Crippen molar-refractivity contribution in [3.63, 3.8) is 0 Å². The maximum Gasteiger partial charge on any atom is 0.136 e. The first-order valence-electron chi connectivity index (χ1n) is 7.05. The molecule has 3 nitrogen and oxygen atoms in total. The number of piperidine rings is 1. The quantitative estimate of drug-likeness (QED) is 0.797. The van der Waals surface area contributed by atoms with E-state index in [-0.39, 0.29) is 0 Å². The number of ether oxygens (including phenoxy) is 1. The third-order valence-electron chi connectivity index (χ3n) is 3.99. The van der Waals surface area contributed by atoms with Crippen molar-refractivity contribution in [3.05, 3.63) is 30.5 Å². The van der Waals surface area contributed by atoms with E-state index in [1.807, 2.05) is 12.3 Å². The van der Waals surface area contributed by atoms with Crippen LogP contribution in [0.5, 0.6) is 5.75 Å². The molecule has 4 heteroatoms. The molecule has 1 unspecified atom stereocenters. The van der Waals surface area contributed by atoms with Gasteiger partial charge in [-0.3, -0.25) is 0 Å². The van der Waals surface area contributed by atoms with Gasteiger partial charge in [0.1, 0.15) is 11.6 Å². The average molecular weight is 335 g/mol. The van der Waals surface area contributed by atoms with Gasteiger partial charge in [0.15, 0.2) is 0 Å². The van der Waals surface area contributed by atoms with Crippen LogP contribution < -0.4 is 9.64 Å². The highest BCUT2D eigenvalue weighted by molar-refractivity contribution is 9.09. The van der Waals surface area contributed by atoms with Crippen LogP contribution in [0.15, 0.2) is 30.5 Å². The SMILES string of the molecule is COc1ccc2ccnc(N3CCCC(CBr)C3)c2c1. The Morgan fingerprint density at radius 1 is 1.40 bits per heavy atom. The largest absolute Gasteiger partial charge is 0.497 e. The summed E-state index contributed by atoms with van der Waals surface area (Å²) in [7, 11) is 1.71. The molecule has 1 aliphatic heterocycles. The van der Waals surface area contributed by atoms with Crippen LogP contribution in [0.1, 0.15) is 12.8 Å². The van der Waals surface area contributed by atoms with Gasteiger partial charge in [-0.2, -0.15) is 0 Å². The predicted octanol–water partition coefficient (Wildman–Crippen LogP) is 3.85. The molecule has 0 N–H and O–H groups in total. The van der Waals surface area contributed by atoms with Gasteiger partial charge in [0.25, 0.3) is 0 Å². The second-order valence-corrected chi connectivity index (χ2v) is 5.98. The molecule has 106 valence electrons. The van der Waals surface area contributed by atoms with Crippen molar-refractivity contribution in [3.8, 4) is 5.75 Å². The smallest absolute Gasteiger partial charge is 0.136 e. The fourth-order valence-electron chi connectivity index (χ4n) is 2.89. The van der Waals surface area contributed by atoms with E-state index in [2.05, 4.69) is 44.0 Å². The van der Waals surface area contributed by atoms with Gasteiger partial charge in [0.05, 0.1) is 7.11 Å². The summed E-state index contributed by atoms with van der Waals surface area (Å²) < 4.78 is 5.35. The van der Waals surface area contributed by atoms with E-state index in [4.69, 9.17) is 4.74 Å². The Balaban J connectivity index is 2.01. The summed E-state index contributed by atoms with van der Waals surface area (Å²) in [5, 5.41) is 3.47. The van der Waals surface area contributed by atoms with Crippen molar-refractivity contribution in [1.29, 1.82) is 0 Å². The maximum atomic E-state index is 5.35. The Kier molecular flexibility index (Phi) is 4.10. The number of nitrogens with zero attached hydrogens (tertiary/aromatic N) is 2. The van der Waals surface area contributed by atoms with E-state index < -0.39 is 0 Å². The van der Waals surface area contributed by atoms with Gasteiger partial charge in [-0.05, 0) is 42.3 Å². The average Bonchev–Trinajstić information content (AvgIpc) is 2.53. The number of benzene rings is 1. The van der Waals surface area contributed by atoms with E-state index in [9.17, 15) is 0 Å². The number of aromatic nitrogens is 1. The van der Waals surface area contributed by atoms with Crippen molar-refractivity contribution in [1.82, 2.24) is 4.98 Å². The summed E-state index contributed by atoms with van der Waals surface area (Å²) in [4.78, 5) is 7.04. The van der Waals surface area contributed by atoms with Crippen molar-refractivity contribution in [2.75, 3.05) is 30.4 Å². The molecule has 3 rings (SSSR count). The second-order valence-electron chi connectivity index (χ2n) is 5.33. The predicted molar refractivity (Wildman–Crippen MR) is 87.0 cm³/mol. The topological polar surface area (TPSA) is 25.4 Å². The molecule has 0 saturated carbocycles. The van der Waals surface area contributed by atoms with Crippen LogP contribution in [0.3, 0.4) is 0 Å². The number of halogens is 1. The van der Waals surface area contributed by atoms with Crippen molar-refractivity contribution >= 4 is 32.5 Å². The molecule has 1 aromatic heterocycles. The van der Waals surface area contributed by atoms with Crippen LogP contribution in [0.4, 0.5) is 5.82 Å². The minimum atomic E-state index is 0.714. The van der Waals surface area contributed by atoms with Crippen molar-refractivity contribution in [2.24, 2.45) is 5.92 Å². The van der Waals surface area contributed by atoms with Gasteiger partial charge in [-0.25, -0.2) is 4.98 Å². The molecule has 0 amide bonds. The molecule has 1 aromatic carbocycles. The van der Waals surface area contributed by atoms with Gasteiger partial charge in [-0.1, -0.05) is 22.0 Å². The van der Waals surface area contributed by atoms with E-state index in [1.54, 1.807) is 7.11 Å². The summed E-state index contributed by atoms with van der Waals surface area (Å²) in [6.07, 6.45) is 4.44. The first kappa shape index (κ1) is 13.7. The molecular formula is C16H19BrN2O. The van der Waals surface area contributed by atoms with Crippen LogP contribution in [-0.4, -0.2) is 30.5 Å². The lowest BCUT2D eigenvalue weighted by Gasteiger charge is -2.33. The van der Waals surface area contributed by atoms with Gasteiger partial charge < -0.3 is 9.64 Å². The minimum absolute atomic E-state index is 0.714. The van der Waals surface area contributed by atoms with Crippen LogP contribution >= 0.6 is 15.9 Å². The van der Waals surface area contributed by atoms with Gasteiger partial charge in [-0.15, -0.1) is 0 Å². The van der Waals surface area contributed by atoms with E-state index in [0.29, 0.717) is 5.92 Å². The van der Waals surface area contributed by atoms with Crippen LogP contribution in [-0.2, 0) is 0 Å². The number of methoxy groups -OCH3 is 1. The Bertz CT molecular complexity index is 602. The Morgan fingerprint density at radius 2 is 2.30 bits per heavy atom. The zero-order valence-corrected chi connectivity index (χ0v) is 13.3. The zero-order valence-electron chi connectivity index (χ0n) is 11.7. The molecule has 0 spiro atoms. The van der Waals surface area contributed by atoms with Crippen LogP contribution in [0.2, 0.25) is 0 Å². The standard InChI is InChI=1S/C16H19BrN2O/c1-20-14-5-4-13-6-7-18-16(15(13)9-14)19-8-2-3-12(10-17)11-19/h4-7,9,12H,2-3,8,10-11H2,1H3. The fraction of sp³-hybridized carbons (Fsp3) is 0.438. The number of anilines is 1. The van der Waals surface area contributed by atoms with Crippen LogP contribution in [0.25, 0.3) is 10.8 Å². The number of hydrogen-bond donors (Lipinski definition) is 0. The molecule has 0 aliphatic carbocycles. The van der Waals surface area contributed by atoms with Gasteiger partial charge in [0.2, 0.25) is 0 Å². The third kappa shape index (κ3) is 2.62. The Hall–Kier alpha value is -1.29. The highest BCUT2D eigenvalue weighted by Crippen LogP contribution is 2.31. The van der Waals surface area contributed by atoms with Gasteiger partial charge >= 0.3 is 0 Å². The first-order valence-corrected chi connectivity index (χ1v) is 8.17. The molecule has 0 radical (unpaired) electrons. The van der Waals surface area contributed by atoms with E-state index >= 15 is 0 Å². The molecule has 0 bridgehead atoms. The lowest BCUT2D eigenvalue weighted by atomic mass is 9.99. The monoisotopic (exact) mass is 334 g/mol. The summed E-state index contributed by atoms with van der Waals surface area (Å²) in [5.41, 5.74) is 0. The third-order valence-corrected chi connectivity index (χ3v) is 4.90. The molecule has 1 atom stereocenters. The highest BCUT2D eigenvalue weighted by Gasteiger charge is 2.21. The summed E-state index contributed by atoms with van der Waals surface area (Å²) in [5.74, 6) is 2.69. The lowest BCUT2D eigenvalue weighted by Crippen LogP contribution is -2.36. The number of fused-ring (bicyclic) bond motifs is 1. The summed E-state index contributed by atoms with van der Waals surface area (Å²) in [6.45, 7) is 2.17. The first-order chi connectivity index (χ1) is 9.81. The minimum Gasteiger partial charge on any atom is -0.497 e. The van der Waals surface area contributed by atoms with E-state index in [0.717, 1.165) is 30.0 Å². The van der Waals surface area contributed by atoms with Crippen molar-refractivity contribution in [2.45, 2.75) is 12.8 Å². The van der Waals surface area contributed by atoms with E-state index in [1.165, 1.54) is 23.6 Å². The van der Waals surface area contributed by atoms with Crippen LogP contribution in [0, 0.1) is 5.92 Å². The molecule has 1 fully saturated rings. The van der Waals surface area contributed by atoms with Crippen molar-refractivity contribution < 1.29 is 4.74 Å². The molecule has 2 heterocycles. The molecule has 20 heavy (non-hydrogen) atoms. The molecule has 2 aromatic rings. The maximum absolute atomic E-state index is 5.35. The lowest BCUT2D eigenvalue weighted by molar-refractivity contribution is 0.415. The molecular weight excluding hydrogens is 316 g/mol. The number of rotatable bonds is 3. The fourth-order valence-corrected chi connectivity index (χ4v) is 3.42. The zero-order chi connectivity index (χ0) is 13.9. The van der Waals surface area contributed by atoms with Gasteiger partial charge in [0, 0.05) is 30.0 Å². The number of alkyl halides is 1. The second kappa shape index (κ2) is 6.00.